The normalized spacial score (nSPS) is 21.1. The molecule has 1 rings (SSSR count). The minimum Gasteiger partial charge on any atom is -0.481 e. The van der Waals surface area contributed by atoms with E-state index in [0.717, 1.165) is 27.7 Å². The van der Waals surface area contributed by atoms with Gasteiger partial charge in [0.15, 0.2) is 6.29 Å². The average Bonchev–Trinajstić information content (AvgIpc) is 2.70. The van der Waals surface area contributed by atoms with Crippen molar-refractivity contribution in [2.45, 2.75) is 52.3 Å². The predicted octanol–water partition coefficient (Wildman–Crippen LogP) is -1.71. The molecule has 14 nitrogen and oxygen atoms in total. The van der Waals surface area contributed by atoms with Crippen molar-refractivity contribution in [3.63, 3.8) is 0 Å². The number of carboxylic acids is 4. The van der Waals surface area contributed by atoms with E-state index in [1.165, 1.54) is 6.26 Å². The van der Waals surface area contributed by atoms with Gasteiger partial charge in [-0.15, -0.1) is 0 Å². The van der Waals surface area contributed by atoms with E-state index >= 15 is 0 Å². The summed E-state index contributed by atoms with van der Waals surface area (Å²) in [6, 6.07) is 0. The van der Waals surface area contributed by atoms with Gasteiger partial charge in [-0.3, -0.25) is 19.2 Å². The molecule has 0 aliphatic carbocycles. The molecule has 1 unspecified atom stereocenters. The second kappa shape index (κ2) is 20.3. The molecule has 0 amide bonds. The fourth-order valence-electron chi connectivity index (χ4n) is 0.986. The second-order valence-electron chi connectivity index (χ2n) is 4.52. The van der Waals surface area contributed by atoms with Crippen molar-refractivity contribution in [2.24, 2.45) is 0 Å². The maximum atomic E-state index is 9.13. The maximum Gasteiger partial charge on any atom is 0.300 e. The lowest BCUT2D eigenvalue weighted by Crippen LogP contribution is -2.34. The Bertz CT molecular complexity index is 438. The lowest BCUT2D eigenvalue weighted by atomic mass is 10.1. The number of hydrogen-bond donors (Lipinski definition) is 7. The SMILES string of the molecule is CC(=O)O.CC(=O)O.CC(=O)O.CC(=O)O.N#COC[C@H]1OC(O)[C@@H](O)[C@@H]1O. The van der Waals surface area contributed by atoms with Crippen molar-refractivity contribution in [1.82, 2.24) is 0 Å². The molecule has 1 saturated heterocycles. The average molecular weight is 415 g/mol. The lowest BCUT2D eigenvalue weighted by Gasteiger charge is -2.11. The molecule has 0 aromatic heterocycles. The molecular weight excluding hydrogens is 390 g/mol. The van der Waals surface area contributed by atoms with Crippen molar-refractivity contribution in [1.29, 1.82) is 5.26 Å². The number of carboxylic acid groups (broad SMARTS) is 4. The molecular formula is C14H25NO13. The fourth-order valence-corrected chi connectivity index (χ4v) is 0.986. The van der Waals surface area contributed by atoms with Crippen LogP contribution in [0.4, 0.5) is 0 Å². The fraction of sp³-hybridized carbons (Fsp3) is 0.643. The smallest absolute Gasteiger partial charge is 0.300 e. The van der Waals surface area contributed by atoms with E-state index in [0.29, 0.717) is 0 Å². The van der Waals surface area contributed by atoms with E-state index in [2.05, 4.69) is 9.47 Å². The van der Waals surface area contributed by atoms with Gasteiger partial charge in [-0.05, 0) is 0 Å². The molecule has 164 valence electrons. The molecule has 28 heavy (non-hydrogen) atoms. The Morgan fingerprint density at radius 3 is 1.29 bits per heavy atom. The summed E-state index contributed by atoms with van der Waals surface area (Å²) >= 11 is 0. The Hall–Kier alpha value is -2.99. The maximum absolute atomic E-state index is 9.13. The van der Waals surface area contributed by atoms with Gasteiger partial charge in [0.2, 0.25) is 0 Å². The Labute approximate surface area is 159 Å². The van der Waals surface area contributed by atoms with E-state index in [1.807, 2.05) is 0 Å². The highest BCUT2D eigenvalue weighted by Gasteiger charge is 2.42. The molecule has 0 radical (unpaired) electrons. The quantitative estimate of drug-likeness (QED) is 0.248. The topological polar surface area (TPSA) is 252 Å². The molecule has 0 spiro atoms. The largest absolute Gasteiger partial charge is 0.481 e. The zero-order valence-electron chi connectivity index (χ0n) is 15.5. The summed E-state index contributed by atoms with van der Waals surface area (Å²) in [5.74, 6) is -3.33. The first-order valence-corrected chi connectivity index (χ1v) is 7.08. The van der Waals surface area contributed by atoms with E-state index in [9.17, 15) is 0 Å². The Kier molecular flexibility index (Phi) is 23.7. The molecule has 1 aliphatic rings. The molecule has 7 N–H and O–H groups in total. The van der Waals surface area contributed by atoms with Crippen LogP contribution in [0.25, 0.3) is 0 Å². The van der Waals surface area contributed by atoms with Crippen LogP contribution in [0.15, 0.2) is 0 Å². The number of hydrogen-bond acceptors (Lipinski definition) is 10. The third-order valence-corrected chi connectivity index (χ3v) is 1.65. The van der Waals surface area contributed by atoms with Crippen LogP contribution in [0.3, 0.4) is 0 Å². The van der Waals surface area contributed by atoms with E-state index < -0.39 is 48.5 Å². The van der Waals surface area contributed by atoms with Crippen molar-refractivity contribution >= 4 is 23.9 Å². The van der Waals surface area contributed by atoms with E-state index in [1.54, 1.807) is 0 Å². The molecule has 1 heterocycles. The number of nitriles is 1. The van der Waals surface area contributed by atoms with E-state index in [-0.39, 0.29) is 6.61 Å². The van der Waals surface area contributed by atoms with Crippen LogP contribution >= 0.6 is 0 Å². The van der Waals surface area contributed by atoms with Crippen LogP contribution in [0.2, 0.25) is 0 Å². The van der Waals surface area contributed by atoms with Crippen LogP contribution in [0.5, 0.6) is 0 Å². The van der Waals surface area contributed by atoms with Gasteiger partial charge in [0.05, 0.1) is 0 Å². The standard InChI is InChI=1S/C6H9NO5.4C2H4O2/c7-2-11-1-3-4(8)5(9)6(10)12-3;4*1-2(3)4/h3-6,8-10H,1H2;4*1H3,(H,3,4)/t3-,4-,5+,6?;;;;/m1..../s1. The zero-order chi connectivity index (χ0) is 23.4. The van der Waals surface area contributed by atoms with E-state index in [4.69, 9.17) is 60.2 Å². The minimum atomic E-state index is -1.41. The first kappa shape index (κ1) is 32.7. The first-order chi connectivity index (χ1) is 12.6. The number of nitrogens with zero attached hydrogens (tertiary/aromatic N) is 1. The number of ether oxygens (including phenoxy) is 2. The van der Waals surface area contributed by atoms with Crippen molar-refractivity contribution in [3.8, 4) is 6.26 Å². The van der Waals surface area contributed by atoms with Crippen molar-refractivity contribution in [2.75, 3.05) is 6.61 Å². The summed E-state index contributed by atoms with van der Waals surface area (Å²) in [6.45, 7) is 4.16. The number of rotatable bonds is 2. The Morgan fingerprint density at radius 1 is 0.821 bits per heavy atom. The molecule has 1 fully saturated rings. The third kappa shape index (κ3) is 38.5. The van der Waals surface area contributed by atoms with Crippen LogP contribution in [-0.2, 0) is 28.7 Å². The summed E-state index contributed by atoms with van der Waals surface area (Å²) in [4.78, 5) is 36.0. The van der Waals surface area contributed by atoms with Gasteiger partial charge in [0, 0.05) is 27.7 Å². The van der Waals surface area contributed by atoms with Crippen LogP contribution < -0.4 is 0 Å². The Morgan fingerprint density at radius 2 is 1.11 bits per heavy atom. The molecule has 0 bridgehead atoms. The molecule has 0 aromatic rings. The number of aliphatic hydroxyl groups is 3. The Balaban J connectivity index is -0.000000150. The summed E-state index contributed by atoms with van der Waals surface area (Å²) in [5, 5.41) is 64.6. The minimum absolute atomic E-state index is 0.175. The summed E-state index contributed by atoms with van der Waals surface area (Å²) in [5.41, 5.74) is 0. The van der Waals surface area contributed by atoms with Gasteiger partial charge in [0.25, 0.3) is 30.1 Å². The summed E-state index contributed by atoms with van der Waals surface area (Å²) < 4.78 is 8.95. The van der Waals surface area contributed by atoms with Crippen LogP contribution in [0, 0.1) is 11.5 Å². The third-order valence-electron chi connectivity index (χ3n) is 1.65. The summed E-state index contributed by atoms with van der Waals surface area (Å²) in [6.07, 6.45) is -3.42. The highest BCUT2D eigenvalue weighted by Crippen LogP contribution is 2.19. The van der Waals surface area contributed by atoms with Crippen molar-refractivity contribution in [3.05, 3.63) is 0 Å². The monoisotopic (exact) mass is 415 g/mol. The van der Waals surface area contributed by atoms with Crippen molar-refractivity contribution < 1.29 is 64.4 Å². The number of aliphatic hydroxyl groups excluding tert-OH is 3. The van der Waals surface area contributed by atoms with Gasteiger partial charge in [-0.2, -0.15) is 5.26 Å². The first-order valence-electron chi connectivity index (χ1n) is 7.08. The van der Waals surface area contributed by atoms with Crippen LogP contribution in [-0.4, -0.2) is 90.8 Å². The lowest BCUT2D eigenvalue weighted by molar-refractivity contribution is -0.135. The molecule has 14 heteroatoms. The van der Waals surface area contributed by atoms with Gasteiger partial charge in [-0.25, -0.2) is 0 Å². The van der Waals surface area contributed by atoms with Crippen LogP contribution in [0.1, 0.15) is 27.7 Å². The highest BCUT2D eigenvalue weighted by atomic mass is 16.7. The molecule has 0 aromatic carbocycles. The number of carbonyl (C=O) groups is 4. The molecule has 0 saturated carbocycles. The number of aliphatic carboxylic acids is 4. The van der Waals surface area contributed by atoms with Gasteiger partial charge in [0.1, 0.15) is 24.9 Å². The molecule has 1 aliphatic heterocycles. The summed E-state index contributed by atoms with van der Waals surface area (Å²) in [7, 11) is 0. The van der Waals surface area contributed by atoms with Gasteiger partial charge in [-0.1, -0.05) is 0 Å². The second-order valence-corrected chi connectivity index (χ2v) is 4.52. The highest BCUT2D eigenvalue weighted by molar-refractivity contribution is 5.63. The predicted molar refractivity (Wildman–Crippen MR) is 87.7 cm³/mol. The van der Waals surface area contributed by atoms with Gasteiger partial charge < -0.3 is 45.2 Å². The van der Waals surface area contributed by atoms with Gasteiger partial charge >= 0.3 is 0 Å². The molecule has 4 atom stereocenters. The zero-order valence-corrected chi connectivity index (χ0v) is 15.5.